The Labute approximate surface area is 169 Å². The van der Waals surface area contributed by atoms with E-state index >= 15 is 0 Å². The number of hydrogen-bond donors (Lipinski definition) is 0. The normalized spacial score (nSPS) is 18.9. The number of halogens is 1. The molecule has 28 heavy (non-hydrogen) atoms. The lowest BCUT2D eigenvalue weighted by atomic mass is 10.1. The van der Waals surface area contributed by atoms with Crippen molar-refractivity contribution in [1.29, 1.82) is 0 Å². The van der Waals surface area contributed by atoms with Crippen molar-refractivity contribution in [3.05, 3.63) is 70.2 Å². The van der Waals surface area contributed by atoms with Gasteiger partial charge in [-0.3, -0.25) is 4.79 Å². The van der Waals surface area contributed by atoms with Crippen molar-refractivity contribution in [2.75, 3.05) is 26.0 Å². The van der Waals surface area contributed by atoms with Gasteiger partial charge in [-0.2, -0.15) is 0 Å². The maximum absolute atomic E-state index is 12.8. The average molecular weight is 422 g/mol. The fraction of sp³-hybridized carbons (Fsp3) is 0.300. The summed E-state index contributed by atoms with van der Waals surface area (Å²) in [5.74, 6) is -0.886. The van der Waals surface area contributed by atoms with E-state index in [0.717, 1.165) is 0 Å². The number of carbonyl (C=O) groups excluding carboxylic acids is 2. The van der Waals surface area contributed by atoms with Crippen LogP contribution in [-0.4, -0.2) is 51.1 Å². The highest BCUT2D eigenvalue weighted by Crippen LogP contribution is 2.34. The second-order valence-corrected chi connectivity index (χ2v) is 9.24. The van der Waals surface area contributed by atoms with E-state index in [2.05, 4.69) is 4.74 Å². The summed E-state index contributed by atoms with van der Waals surface area (Å²) in [6.07, 6.45) is 0.276. The van der Waals surface area contributed by atoms with Crippen LogP contribution in [0.25, 0.3) is 0 Å². The largest absolute Gasteiger partial charge is 0.465 e. The van der Waals surface area contributed by atoms with Crippen LogP contribution in [0.15, 0.2) is 48.5 Å². The van der Waals surface area contributed by atoms with E-state index in [-0.39, 0.29) is 24.6 Å². The van der Waals surface area contributed by atoms with Gasteiger partial charge < -0.3 is 9.64 Å². The van der Waals surface area contributed by atoms with E-state index in [4.69, 9.17) is 11.6 Å². The zero-order valence-corrected chi connectivity index (χ0v) is 16.9. The van der Waals surface area contributed by atoms with Gasteiger partial charge in [0.05, 0.1) is 23.7 Å². The quantitative estimate of drug-likeness (QED) is 0.711. The molecule has 1 fully saturated rings. The van der Waals surface area contributed by atoms with E-state index < -0.39 is 21.1 Å². The molecule has 0 saturated carbocycles. The summed E-state index contributed by atoms with van der Waals surface area (Å²) in [6, 6.07) is 13.0. The fourth-order valence-electron chi connectivity index (χ4n) is 3.28. The van der Waals surface area contributed by atoms with Crippen LogP contribution >= 0.6 is 11.6 Å². The molecule has 8 heteroatoms. The standard InChI is InChI=1S/C20H20ClNO5S/c1-27-20(24)15-8-6-14(7-9-15)19(23)22-11-10-18(28(25,26)13-12-22)16-4-2-3-5-17(16)21/h2-9,18H,10-13H2,1H3. The van der Waals surface area contributed by atoms with Crippen LogP contribution in [0.2, 0.25) is 5.02 Å². The summed E-state index contributed by atoms with van der Waals surface area (Å²) in [6.45, 7) is 0.410. The van der Waals surface area contributed by atoms with Gasteiger partial charge in [-0.1, -0.05) is 29.8 Å². The molecule has 1 saturated heterocycles. The molecule has 1 atom stereocenters. The maximum atomic E-state index is 12.8. The Morgan fingerprint density at radius 3 is 2.32 bits per heavy atom. The van der Waals surface area contributed by atoms with Gasteiger partial charge in [0, 0.05) is 23.7 Å². The number of sulfone groups is 1. The number of nitrogens with zero attached hydrogens (tertiary/aromatic N) is 1. The lowest BCUT2D eigenvalue weighted by Crippen LogP contribution is -2.33. The molecule has 1 heterocycles. The highest BCUT2D eigenvalue weighted by molar-refractivity contribution is 7.91. The molecule has 0 aliphatic carbocycles. The number of carbonyl (C=O) groups is 2. The first-order valence-electron chi connectivity index (χ1n) is 8.77. The zero-order valence-electron chi connectivity index (χ0n) is 15.3. The molecule has 6 nitrogen and oxygen atoms in total. The van der Waals surface area contributed by atoms with Crippen molar-refractivity contribution in [1.82, 2.24) is 4.90 Å². The van der Waals surface area contributed by atoms with Crippen molar-refractivity contribution in [3.63, 3.8) is 0 Å². The summed E-state index contributed by atoms with van der Waals surface area (Å²) < 4.78 is 30.2. The smallest absolute Gasteiger partial charge is 0.337 e. The van der Waals surface area contributed by atoms with Crippen LogP contribution in [0.1, 0.15) is 38.0 Å². The molecule has 0 spiro atoms. The first-order chi connectivity index (χ1) is 13.3. The average Bonchev–Trinajstić information content (AvgIpc) is 2.85. The topological polar surface area (TPSA) is 80.8 Å². The summed E-state index contributed by atoms with van der Waals surface area (Å²) >= 11 is 6.20. The van der Waals surface area contributed by atoms with E-state index in [1.807, 2.05) is 0 Å². The molecule has 0 N–H and O–H groups in total. The Kier molecular flexibility index (Phi) is 6.05. The van der Waals surface area contributed by atoms with E-state index in [1.165, 1.54) is 24.1 Å². The minimum absolute atomic E-state index is 0.112. The number of rotatable bonds is 3. The minimum atomic E-state index is -3.45. The third kappa shape index (κ3) is 4.20. The van der Waals surface area contributed by atoms with Crippen molar-refractivity contribution in [3.8, 4) is 0 Å². The van der Waals surface area contributed by atoms with E-state index in [1.54, 1.807) is 36.4 Å². The highest BCUT2D eigenvalue weighted by atomic mass is 35.5. The van der Waals surface area contributed by atoms with Gasteiger partial charge in [-0.15, -0.1) is 0 Å². The van der Waals surface area contributed by atoms with Crippen molar-refractivity contribution in [2.45, 2.75) is 11.7 Å². The first kappa shape index (κ1) is 20.4. The predicted octanol–water partition coefficient (Wildman–Crippen LogP) is 3.13. The lowest BCUT2D eigenvalue weighted by molar-refractivity contribution is 0.0599. The number of amides is 1. The van der Waals surface area contributed by atoms with Crippen LogP contribution < -0.4 is 0 Å². The van der Waals surface area contributed by atoms with Gasteiger partial charge in [0.1, 0.15) is 0 Å². The predicted molar refractivity (Wildman–Crippen MR) is 106 cm³/mol. The third-order valence-corrected chi connectivity index (χ3v) is 7.29. The molecule has 2 aromatic carbocycles. The molecule has 1 unspecified atom stereocenters. The van der Waals surface area contributed by atoms with Gasteiger partial charge in [-0.25, -0.2) is 13.2 Å². The summed E-state index contributed by atoms with van der Waals surface area (Å²) in [5.41, 5.74) is 1.30. The second kappa shape index (κ2) is 8.32. The van der Waals surface area contributed by atoms with Crippen LogP contribution in [0.3, 0.4) is 0 Å². The van der Waals surface area contributed by atoms with Crippen molar-refractivity contribution >= 4 is 33.3 Å². The van der Waals surface area contributed by atoms with Gasteiger partial charge in [0.2, 0.25) is 0 Å². The molecule has 1 amide bonds. The zero-order chi connectivity index (χ0) is 20.3. The van der Waals surface area contributed by atoms with Gasteiger partial charge in [0.25, 0.3) is 5.91 Å². The van der Waals surface area contributed by atoms with Crippen LogP contribution in [0.4, 0.5) is 0 Å². The second-order valence-electron chi connectivity index (χ2n) is 6.53. The highest BCUT2D eigenvalue weighted by Gasteiger charge is 2.33. The summed E-state index contributed by atoms with van der Waals surface area (Å²) in [7, 11) is -2.16. The van der Waals surface area contributed by atoms with E-state index in [0.29, 0.717) is 28.3 Å². The molecule has 0 aromatic heterocycles. The van der Waals surface area contributed by atoms with Crippen LogP contribution in [0, 0.1) is 0 Å². The van der Waals surface area contributed by atoms with E-state index in [9.17, 15) is 18.0 Å². The van der Waals surface area contributed by atoms with Gasteiger partial charge >= 0.3 is 5.97 Å². The molecule has 1 aliphatic heterocycles. The molecule has 1 aliphatic rings. The van der Waals surface area contributed by atoms with Crippen LogP contribution in [0.5, 0.6) is 0 Å². The Morgan fingerprint density at radius 1 is 1.04 bits per heavy atom. The first-order valence-corrected chi connectivity index (χ1v) is 10.9. The Morgan fingerprint density at radius 2 is 1.68 bits per heavy atom. The molecular weight excluding hydrogens is 402 g/mol. The molecule has 148 valence electrons. The molecule has 0 radical (unpaired) electrons. The molecule has 2 aromatic rings. The number of methoxy groups -OCH3 is 1. The number of hydrogen-bond acceptors (Lipinski definition) is 5. The third-order valence-electron chi connectivity index (χ3n) is 4.83. The molecule has 0 bridgehead atoms. The molecular formula is C20H20ClNO5S. The van der Waals surface area contributed by atoms with Gasteiger partial charge in [0.15, 0.2) is 9.84 Å². The monoisotopic (exact) mass is 421 g/mol. The Hall–Kier alpha value is -2.38. The summed E-state index contributed by atoms with van der Waals surface area (Å²) in [5, 5.41) is -0.324. The SMILES string of the molecule is COC(=O)c1ccc(C(=O)N2CCC(c3ccccc3Cl)S(=O)(=O)CC2)cc1. The fourth-order valence-corrected chi connectivity index (χ4v) is 5.43. The Balaban J connectivity index is 1.79. The Bertz CT molecular complexity index is 988. The number of esters is 1. The lowest BCUT2D eigenvalue weighted by Gasteiger charge is -2.20. The van der Waals surface area contributed by atoms with Crippen molar-refractivity contribution < 1.29 is 22.7 Å². The van der Waals surface area contributed by atoms with Crippen LogP contribution in [-0.2, 0) is 14.6 Å². The minimum Gasteiger partial charge on any atom is -0.465 e. The number of benzene rings is 2. The number of ether oxygens (including phenoxy) is 1. The van der Waals surface area contributed by atoms with Gasteiger partial charge in [-0.05, 0) is 42.3 Å². The molecule has 3 rings (SSSR count). The van der Waals surface area contributed by atoms with Crippen molar-refractivity contribution in [2.24, 2.45) is 0 Å². The summed E-state index contributed by atoms with van der Waals surface area (Å²) in [4.78, 5) is 25.9. The maximum Gasteiger partial charge on any atom is 0.337 e.